The molecule has 182 valence electrons. The van der Waals surface area contributed by atoms with Crippen molar-refractivity contribution in [2.75, 3.05) is 7.11 Å². The van der Waals surface area contributed by atoms with Crippen LogP contribution in [0.5, 0.6) is 5.75 Å². The van der Waals surface area contributed by atoms with Gasteiger partial charge in [0.15, 0.2) is 0 Å². The fraction of sp³-hybridized carbons (Fsp3) is 0.214. The van der Waals surface area contributed by atoms with E-state index in [0.717, 1.165) is 39.7 Å². The Morgan fingerprint density at radius 1 is 1.25 bits per heavy atom. The molecule has 4 rings (SSSR count). The molecule has 0 aliphatic carbocycles. The molecule has 1 unspecified atom stereocenters. The number of aryl methyl sites for hydroxylation is 2. The van der Waals surface area contributed by atoms with E-state index < -0.39 is 0 Å². The van der Waals surface area contributed by atoms with Crippen molar-refractivity contribution in [2.24, 2.45) is 0 Å². The number of benzene rings is 1. The van der Waals surface area contributed by atoms with Crippen LogP contribution in [0, 0.1) is 25.2 Å². The highest BCUT2D eigenvalue weighted by Crippen LogP contribution is 2.30. The van der Waals surface area contributed by atoms with E-state index in [0.29, 0.717) is 11.3 Å². The van der Waals surface area contributed by atoms with Crippen molar-refractivity contribution in [1.29, 1.82) is 5.26 Å². The summed E-state index contributed by atoms with van der Waals surface area (Å²) in [5, 5.41) is 16.6. The quantitative estimate of drug-likeness (QED) is 0.345. The Hall–Kier alpha value is -4.64. The third-order valence-electron chi connectivity index (χ3n) is 5.72. The van der Waals surface area contributed by atoms with Crippen LogP contribution in [-0.2, 0) is 11.3 Å². The highest BCUT2D eigenvalue weighted by atomic mass is 16.5. The van der Waals surface area contributed by atoms with E-state index in [2.05, 4.69) is 21.5 Å². The van der Waals surface area contributed by atoms with Gasteiger partial charge in [0.25, 0.3) is 0 Å². The highest BCUT2D eigenvalue weighted by Gasteiger charge is 2.17. The van der Waals surface area contributed by atoms with Gasteiger partial charge in [-0.15, -0.1) is 0 Å². The Labute approximate surface area is 209 Å². The zero-order chi connectivity index (χ0) is 25.7. The van der Waals surface area contributed by atoms with Crippen LogP contribution < -0.4 is 10.1 Å². The molecule has 8 heteroatoms. The molecule has 0 radical (unpaired) electrons. The number of carbonyl (C=O) groups excluding carboxylic acids is 1. The first-order chi connectivity index (χ1) is 17.4. The summed E-state index contributed by atoms with van der Waals surface area (Å²) in [6, 6.07) is 15.2. The Kier molecular flexibility index (Phi) is 7.31. The number of carbonyl (C=O) groups is 1. The van der Waals surface area contributed by atoms with E-state index in [1.165, 1.54) is 6.08 Å². The molecular weight excluding hydrogens is 454 g/mol. The lowest BCUT2D eigenvalue weighted by atomic mass is 10.00. The van der Waals surface area contributed by atoms with Crippen molar-refractivity contribution in [2.45, 2.75) is 33.4 Å². The number of ether oxygens (including phenoxy) is 1. The number of rotatable bonds is 8. The predicted molar refractivity (Wildman–Crippen MR) is 137 cm³/mol. The minimum atomic E-state index is -0.343. The van der Waals surface area contributed by atoms with Crippen molar-refractivity contribution in [3.05, 3.63) is 83.7 Å². The zero-order valence-electron chi connectivity index (χ0n) is 20.6. The molecule has 0 saturated carbocycles. The van der Waals surface area contributed by atoms with Crippen LogP contribution in [0.2, 0.25) is 0 Å². The Morgan fingerprint density at radius 3 is 2.81 bits per heavy atom. The number of nitrogens with zero attached hydrogens (tertiary/aromatic N) is 4. The number of aromatic nitrogens is 3. The first-order valence-corrected chi connectivity index (χ1v) is 11.5. The summed E-state index contributed by atoms with van der Waals surface area (Å²) in [6.45, 7) is 5.73. The second kappa shape index (κ2) is 10.7. The number of nitriles is 1. The lowest BCUT2D eigenvalue weighted by Crippen LogP contribution is -2.25. The summed E-state index contributed by atoms with van der Waals surface area (Å²) >= 11 is 0. The zero-order valence-corrected chi connectivity index (χ0v) is 20.6. The fourth-order valence-corrected chi connectivity index (χ4v) is 4.08. The summed E-state index contributed by atoms with van der Waals surface area (Å²) in [6.07, 6.45) is 6.61. The third-order valence-corrected chi connectivity index (χ3v) is 5.72. The predicted octanol–water partition coefficient (Wildman–Crippen LogP) is 5.24. The van der Waals surface area contributed by atoms with Crippen LogP contribution in [0.3, 0.4) is 0 Å². The summed E-state index contributed by atoms with van der Waals surface area (Å²) in [4.78, 5) is 17.4. The van der Waals surface area contributed by atoms with E-state index in [-0.39, 0.29) is 18.5 Å². The number of methoxy groups -OCH3 is 1. The van der Waals surface area contributed by atoms with Crippen LogP contribution in [0.1, 0.15) is 35.7 Å². The standard InChI is InChI=1S/C28H27N5O3/c1-18-15-25(20(3)36-18)28-22(17-33(32-28)14-12-29)10-11-26(34)31-19(2)27-24(9-6-13-30-27)21-7-5-8-23(16-21)35-4/h5-11,13,15-17,19H,14H2,1-4H3,(H,31,34)/b11-10+. The second-order valence-electron chi connectivity index (χ2n) is 8.35. The minimum absolute atomic E-state index is 0.104. The summed E-state index contributed by atoms with van der Waals surface area (Å²) < 4.78 is 12.6. The molecule has 36 heavy (non-hydrogen) atoms. The maximum Gasteiger partial charge on any atom is 0.244 e. The summed E-state index contributed by atoms with van der Waals surface area (Å²) in [7, 11) is 1.63. The number of pyridine rings is 1. The summed E-state index contributed by atoms with van der Waals surface area (Å²) in [5.74, 6) is 1.96. The average Bonchev–Trinajstić information content (AvgIpc) is 3.44. The molecule has 0 aliphatic rings. The van der Waals surface area contributed by atoms with E-state index >= 15 is 0 Å². The van der Waals surface area contributed by atoms with Gasteiger partial charge in [-0.3, -0.25) is 14.5 Å². The molecule has 0 bridgehead atoms. The molecule has 0 fully saturated rings. The smallest absolute Gasteiger partial charge is 0.244 e. The van der Waals surface area contributed by atoms with Gasteiger partial charge in [0.2, 0.25) is 5.91 Å². The van der Waals surface area contributed by atoms with Crippen molar-refractivity contribution in [1.82, 2.24) is 20.1 Å². The molecule has 3 heterocycles. The molecule has 1 aromatic carbocycles. The van der Waals surface area contributed by atoms with Crippen LogP contribution in [0.4, 0.5) is 0 Å². The largest absolute Gasteiger partial charge is 0.497 e. The monoisotopic (exact) mass is 481 g/mol. The van der Waals surface area contributed by atoms with Gasteiger partial charge in [-0.25, -0.2) is 0 Å². The van der Waals surface area contributed by atoms with Crippen molar-refractivity contribution >= 4 is 12.0 Å². The minimum Gasteiger partial charge on any atom is -0.497 e. The van der Waals surface area contributed by atoms with E-state index in [4.69, 9.17) is 14.4 Å². The highest BCUT2D eigenvalue weighted by molar-refractivity contribution is 5.93. The normalized spacial score (nSPS) is 11.9. The van der Waals surface area contributed by atoms with E-state index in [9.17, 15) is 4.79 Å². The van der Waals surface area contributed by atoms with Gasteiger partial charge in [0.05, 0.1) is 24.9 Å². The number of hydrogen-bond donors (Lipinski definition) is 1. The van der Waals surface area contributed by atoms with Crippen molar-refractivity contribution < 1.29 is 13.9 Å². The first-order valence-electron chi connectivity index (χ1n) is 11.5. The number of furan rings is 1. The summed E-state index contributed by atoms with van der Waals surface area (Å²) in [5.41, 5.74) is 4.82. The lowest BCUT2D eigenvalue weighted by Gasteiger charge is -2.16. The number of nitrogens with one attached hydrogen (secondary N) is 1. The van der Waals surface area contributed by atoms with E-state index in [1.807, 2.05) is 63.2 Å². The third kappa shape index (κ3) is 5.36. The Bertz CT molecular complexity index is 1460. The van der Waals surface area contributed by atoms with Gasteiger partial charge in [-0.1, -0.05) is 18.2 Å². The Morgan fingerprint density at radius 2 is 2.08 bits per heavy atom. The first kappa shape index (κ1) is 24.5. The van der Waals surface area contributed by atoms with Crippen LogP contribution in [0.25, 0.3) is 28.5 Å². The fourth-order valence-electron chi connectivity index (χ4n) is 4.08. The molecule has 8 nitrogen and oxygen atoms in total. The van der Waals surface area contributed by atoms with Gasteiger partial charge < -0.3 is 14.5 Å². The molecule has 1 atom stereocenters. The van der Waals surface area contributed by atoms with Crippen molar-refractivity contribution in [3.8, 4) is 34.2 Å². The Balaban J connectivity index is 1.56. The van der Waals surface area contributed by atoms with Crippen molar-refractivity contribution in [3.63, 3.8) is 0 Å². The molecule has 4 aromatic rings. The van der Waals surface area contributed by atoms with Crippen LogP contribution in [0.15, 0.2) is 65.4 Å². The molecule has 0 aliphatic heterocycles. The maximum absolute atomic E-state index is 12.9. The molecule has 3 aromatic heterocycles. The van der Waals surface area contributed by atoms with Gasteiger partial charge >= 0.3 is 0 Å². The van der Waals surface area contributed by atoms with Gasteiger partial charge in [0.1, 0.15) is 29.5 Å². The maximum atomic E-state index is 12.9. The molecule has 0 spiro atoms. The van der Waals surface area contributed by atoms with E-state index in [1.54, 1.807) is 30.3 Å². The number of hydrogen-bond acceptors (Lipinski definition) is 6. The average molecular weight is 482 g/mol. The second-order valence-corrected chi connectivity index (χ2v) is 8.35. The molecule has 0 saturated heterocycles. The SMILES string of the molecule is COc1cccc(-c2cccnc2C(C)NC(=O)/C=C/c2cn(CC#N)nc2-c2cc(C)oc2C)c1. The molecule has 1 N–H and O–H groups in total. The number of amides is 1. The lowest BCUT2D eigenvalue weighted by molar-refractivity contribution is -0.117. The van der Waals surface area contributed by atoms with Crippen LogP contribution in [-0.4, -0.2) is 27.8 Å². The van der Waals surface area contributed by atoms with Gasteiger partial charge in [0, 0.05) is 35.2 Å². The molecule has 1 amide bonds. The van der Waals surface area contributed by atoms with Crippen LogP contribution >= 0.6 is 0 Å². The van der Waals surface area contributed by atoms with Gasteiger partial charge in [-0.05, 0) is 56.7 Å². The topological polar surface area (TPSA) is 106 Å². The van der Waals surface area contributed by atoms with Gasteiger partial charge in [-0.2, -0.15) is 10.4 Å². The molecular formula is C28H27N5O3.